The molecule has 0 bridgehead atoms. The van der Waals surface area contributed by atoms with Crippen molar-refractivity contribution in [1.82, 2.24) is 9.80 Å². The molecule has 1 N–H and O–H groups in total. The second-order valence-electron chi connectivity index (χ2n) is 6.15. The Labute approximate surface area is 132 Å². The van der Waals surface area contributed by atoms with Gasteiger partial charge in [-0.05, 0) is 24.1 Å². The van der Waals surface area contributed by atoms with Crippen molar-refractivity contribution in [2.45, 2.75) is 19.1 Å². The van der Waals surface area contributed by atoms with Crippen molar-refractivity contribution < 1.29 is 14.6 Å². The number of aliphatic hydroxyl groups excluding tert-OH is 1. The van der Waals surface area contributed by atoms with Crippen LogP contribution in [0.25, 0.3) is 0 Å². The van der Waals surface area contributed by atoms with Crippen molar-refractivity contribution >= 4 is 0 Å². The minimum Gasteiger partial charge on any atom is -0.494 e. The quantitative estimate of drug-likeness (QED) is 0.761. The van der Waals surface area contributed by atoms with Gasteiger partial charge in [-0.2, -0.15) is 0 Å². The van der Waals surface area contributed by atoms with Crippen LogP contribution in [0.1, 0.15) is 12.0 Å². The molecule has 22 heavy (non-hydrogen) atoms. The van der Waals surface area contributed by atoms with Gasteiger partial charge in [0.25, 0.3) is 0 Å². The van der Waals surface area contributed by atoms with Crippen LogP contribution >= 0.6 is 0 Å². The van der Waals surface area contributed by atoms with Gasteiger partial charge in [0.05, 0.1) is 25.9 Å². The van der Waals surface area contributed by atoms with E-state index < -0.39 is 0 Å². The molecular weight excluding hydrogens is 280 g/mol. The van der Waals surface area contributed by atoms with Crippen molar-refractivity contribution in [3.05, 3.63) is 29.8 Å². The number of aliphatic hydroxyl groups is 1. The maximum atomic E-state index is 9.28. The summed E-state index contributed by atoms with van der Waals surface area (Å²) < 4.78 is 11.1. The summed E-state index contributed by atoms with van der Waals surface area (Å²) in [5.41, 5.74) is 1.27. The molecule has 1 aromatic carbocycles. The highest BCUT2D eigenvalue weighted by Crippen LogP contribution is 2.17. The smallest absolute Gasteiger partial charge is 0.119 e. The van der Waals surface area contributed by atoms with E-state index in [1.165, 1.54) is 5.56 Å². The van der Waals surface area contributed by atoms with Gasteiger partial charge in [0.15, 0.2) is 0 Å². The Morgan fingerprint density at radius 2 is 1.82 bits per heavy atom. The first-order chi connectivity index (χ1) is 10.8. The fraction of sp³-hybridized carbons (Fsp3) is 0.647. The topological polar surface area (TPSA) is 45.2 Å². The summed E-state index contributed by atoms with van der Waals surface area (Å²) in [5, 5.41) is 9.28. The van der Waals surface area contributed by atoms with Gasteiger partial charge in [-0.25, -0.2) is 0 Å². The number of rotatable bonds is 7. The van der Waals surface area contributed by atoms with Crippen LogP contribution in [0.2, 0.25) is 0 Å². The van der Waals surface area contributed by atoms with Crippen molar-refractivity contribution in [1.29, 1.82) is 0 Å². The van der Waals surface area contributed by atoms with E-state index in [0.717, 1.165) is 71.3 Å². The summed E-state index contributed by atoms with van der Waals surface area (Å²) in [4.78, 5) is 4.67. The summed E-state index contributed by atoms with van der Waals surface area (Å²) in [6, 6.07) is 8.31. The molecule has 1 aromatic rings. The van der Waals surface area contributed by atoms with E-state index in [1.807, 2.05) is 12.1 Å². The fourth-order valence-corrected chi connectivity index (χ4v) is 2.92. The van der Waals surface area contributed by atoms with Crippen LogP contribution in [0.5, 0.6) is 5.75 Å². The van der Waals surface area contributed by atoms with Crippen molar-refractivity contribution in [2.75, 3.05) is 52.5 Å². The van der Waals surface area contributed by atoms with E-state index >= 15 is 0 Å². The van der Waals surface area contributed by atoms with Crippen LogP contribution in [0, 0.1) is 0 Å². The van der Waals surface area contributed by atoms with Crippen LogP contribution in [0.3, 0.4) is 0 Å². The van der Waals surface area contributed by atoms with Crippen molar-refractivity contribution in [3.63, 3.8) is 0 Å². The van der Waals surface area contributed by atoms with Gasteiger partial charge in [0.2, 0.25) is 0 Å². The highest BCUT2D eigenvalue weighted by Gasteiger charge is 2.23. The third-order valence-electron chi connectivity index (χ3n) is 4.26. The number of hydrogen-bond donors (Lipinski definition) is 1. The molecule has 122 valence electrons. The zero-order valence-electron chi connectivity index (χ0n) is 13.1. The van der Waals surface area contributed by atoms with Crippen LogP contribution < -0.4 is 4.74 Å². The molecular formula is C17H26N2O3. The molecule has 2 fully saturated rings. The first-order valence-corrected chi connectivity index (χ1v) is 8.22. The molecule has 0 spiro atoms. The normalized spacial score (nSPS) is 20.8. The van der Waals surface area contributed by atoms with Crippen LogP contribution in [-0.2, 0) is 11.3 Å². The lowest BCUT2D eigenvalue weighted by Crippen LogP contribution is -2.49. The molecule has 0 unspecified atom stereocenters. The lowest BCUT2D eigenvalue weighted by Gasteiger charge is -2.35. The molecule has 0 aliphatic carbocycles. The first kappa shape index (κ1) is 15.7. The predicted molar refractivity (Wildman–Crippen MR) is 85.1 cm³/mol. The highest BCUT2D eigenvalue weighted by molar-refractivity contribution is 5.27. The number of benzene rings is 1. The number of likely N-dealkylation sites (tertiary alicyclic amines) is 1. The van der Waals surface area contributed by atoms with Gasteiger partial charge in [0.1, 0.15) is 5.75 Å². The van der Waals surface area contributed by atoms with E-state index in [0.29, 0.717) is 0 Å². The van der Waals surface area contributed by atoms with Gasteiger partial charge in [-0.3, -0.25) is 9.80 Å². The number of ether oxygens (including phenoxy) is 2. The lowest BCUT2D eigenvalue weighted by atomic mass is 10.1. The molecule has 2 saturated heterocycles. The Bertz CT molecular complexity index is 440. The summed E-state index contributed by atoms with van der Waals surface area (Å²) >= 11 is 0. The van der Waals surface area contributed by atoms with Crippen LogP contribution in [-0.4, -0.2) is 73.6 Å². The van der Waals surface area contributed by atoms with E-state index in [-0.39, 0.29) is 6.10 Å². The molecule has 2 aliphatic heterocycles. The summed E-state index contributed by atoms with van der Waals surface area (Å²) in [6.07, 6.45) is 0.919. The van der Waals surface area contributed by atoms with E-state index in [2.05, 4.69) is 21.9 Å². The minimum absolute atomic E-state index is 0.130. The largest absolute Gasteiger partial charge is 0.494 e. The number of β-amino-alcohol motifs (C(OH)–C–C–N with tert-alkyl or cyclic N) is 1. The Kier molecular flexibility index (Phi) is 5.67. The first-order valence-electron chi connectivity index (χ1n) is 8.22. The third-order valence-corrected chi connectivity index (χ3v) is 4.26. The van der Waals surface area contributed by atoms with Gasteiger partial charge < -0.3 is 14.6 Å². The molecule has 5 nitrogen and oxygen atoms in total. The van der Waals surface area contributed by atoms with E-state index in [4.69, 9.17) is 9.47 Å². The van der Waals surface area contributed by atoms with Gasteiger partial charge in [0, 0.05) is 39.3 Å². The Morgan fingerprint density at radius 1 is 1.09 bits per heavy atom. The summed E-state index contributed by atoms with van der Waals surface area (Å²) in [5.74, 6) is 0.939. The molecule has 2 aliphatic rings. The van der Waals surface area contributed by atoms with Crippen LogP contribution in [0.15, 0.2) is 24.3 Å². The molecule has 3 rings (SSSR count). The van der Waals surface area contributed by atoms with Gasteiger partial charge >= 0.3 is 0 Å². The third kappa shape index (κ3) is 4.68. The molecule has 0 radical (unpaired) electrons. The maximum Gasteiger partial charge on any atom is 0.119 e. The maximum absolute atomic E-state index is 9.28. The average Bonchev–Trinajstić information content (AvgIpc) is 2.53. The molecule has 2 heterocycles. The monoisotopic (exact) mass is 306 g/mol. The molecule has 5 heteroatoms. The highest BCUT2D eigenvalue weighted by atomic mass is 16.5. The molecule has 0 amide bonds. The molecule has 0 aromatic heterocycles. The summed E-state index contributed by atoms with van der Waals surface area (Å²) in [7, 11) is 0. The number of morpholine rings is 1. The second kappa shape index (κ2) is 7.92. The second-order valence-corrected chi connectivity index (χ2v) is 6.15. The average molecular weight is 306 g/mol. The standard InChI is InChI=1S/C17H26N2O3/c20-16-13-19(14-16)12-15-2-4-17(5-3-15)22-9-1-6-18-7-10-21-11-8-18/h2-5,16,20H,1,6-14H2. The number of nitrogens with zero attached hydrogens (tertiary/aromatic N) is 2. The van der Waals surface area contributed by atoms with E-state index in [9.17, 15) is 5.11 Å². The molecule has 0 atom stereocenters. The lowest BCUT2D eigenvalue weighted by molar-refractivity contribution is -0.00287. The minimum atomic E-state index is -0.130. The summed E-state index contributed by atoms with van der Waals surface area (Å²) in [6.45, 7) is 8.13. The zero-order chi connectivity index (χ0) is 15.2. The Morgan fingerprint density at radius 3 is 2.50 bits per heavy atom. The van der Waals surface area contributed by atoms with E-state index in [1.54, 1.807) is 0 Å². The fourth-order valence-electron chi connectivity index (χ4n) is 2.92. The predicted octanol–water partition coefficient (Wildman–Crippen LogP) is 0.964. The van der Waals surface area contributed by atoms with Crippen LogP contribution in [0.4, 0.5) is 0 Å². The molecule has 0 saturated carbocycles. The van der Waals surface area contributed by atoms with Gasteiger partial charge in [-0.1, -0.05) is 12.1 Å². The SMILES string of the molecule is OC1CN(Cc2ccc(OCCCN3CCOCC3)cc2)C1. The Balaban J connectivity index is 1.32. The Hall–Kier alpha value is -1.14. The zero-order valence-corrected chi connectivity index (χ0v) is 13.1. The van der Waals surface area contributed by atoms with Crippen molar-refractivity contribution in [3.8, 4) is 5.75 Å². The van der Waals surface area contributed by atoms with Crippen molar-refractivity contribution in [2.24, 2.45) is 0 Å². The number of hydrogen-bond acceptors (Lipinski definition) is 5. The van der Waals surface area contributed by atoms with Gasteiger partial charge in [-0.15, -0.1) is 0 Å².